The lowest BCUT2D eigenvalue weighted by molar-refractivity contribution is -0.122. The number of benzene rings is 1. The molecule has 0 radical (unpaired) electrons. The van der Waals surface area contributed by atoms with Gasteiger partial charge in [-0.25, -0.2) is 0 Å². The zero-order chi connectivity index (χ0) is 16.2. The van der Waals surface area contributed by atoms with Crippen molar-refractivity contribution < 1.29 is 4.79 Å². The topological polar surface area (TPSA) is 50.2 Å². The van der Waals surface area contributed by atoms with Gasteiger partial charge in [0.15, 0.2) is 0 Å². The molecule has 5 nitrogen and oxygen atoms in total. The number of aromatic nitrogens is 2. The van der Waals surface area contributed by atoms with Crippen LogP contribution in [0.3, 0.4) is 0 Å². The van der Waals surface area contributed by atoms with Crippen LogP contribution in [0.2, 0.25) is 0 Å². The fourth-order valence-corrected chi connectivity index (χ4v) is 3.02. The van der Waals surface area contributed by atoms with Crippen LogP contribution in [0.25, 0.3) is 0 Å². The highest BCUT2D eigenvalue weighted by Crippen LogP contribution is 2.14. The van der Waals surface area contributed by atoms with E-state index in [4.69, 9.17) is 0 Å². The molecule has 2 heterocycles. The molecule has 1 fully saturated rings. The van der Waals surface area contributed by atoms with Crippen molar-refractivity contribution in [3.63, 3.8) is 0 Å². The van der Waals surface area contributed by atoms with Gasteiger partial charge in [-0.3, -0.25) is 14.4 Å². The minimum atomic E-state index is 0.0373. The van der Waals surface area contributed by atoms with E-state index >= 15 is 0 Å². The second kappa shape index (κ2) is 6.96. The van der Waals surface area contributed by atoms with Gasteiger partial charge in [0.25, 0.3) is 0 Å². The molecule has 1 unspecified atom stereocenters. The smallest absolute Gasteiger partial charge is 0.241 e. The Balaban J connectivity index is 1.45. The number of hydrogen-bond acceptors (Lipinski definition) is 3. The van der Waals surface area contributed by atoms with Gasteiger partial charge in [0, 0.05) is 31.9 Å². The Hall–Kier alpha value is -2.14. The van der Waals surface area contributed by atoms with Gasteiger partial charge >= 0.3 is 0 Å². The van der Waals surface area contributed by atoms with E-state index in [1.165, 1.54) is 11.1 Å². The average molecular weight is 312 g/mol. The number of rotatable bonds is 5. The summed E-state index contributed by atoms with van der Waals surface area (Å²) in [7, 11) is 0. The fraction of sp³-hybridized carbons (Fsp3) is 0.444. The molecule has 1 aliphatic rings. The first-order valence-corrected chi connectivity index (χ1v) is 8.16. The number of amides is 1. The third kappa shape index (κ3) is 4.42. The third-order valence-electron chi connectivity index (χ3n) is 4.24. The Morgan fingerprint density at radius 3 is 2.74 bits per heavy atom. The Kier molecular flexibility index (Phi) is 4.76. The minimum absolute atomic E-state index is 0.0373. The van der Waals surface area contributed by atoms with E-state index in [1.54, 1.807) is 4.68 Å². The molecular formula is C18H24N4O. The molecule has 0 aliphatic carbocycles. The first kappa shape index (κ1) is 15.7. The van der Waals surface area contributed by atoms with Crippen LogP contribution in [-0.4, -0.2) is 39.7 Å². The van der Waals surface area contributed by atoms with Crippen LogP contribution >= 0.6 is 0 Å². The molecule has 1 aromatic carbocycles. The quantitative estimate of drug-likeness (QED) is 0.917. The summed E-state index contributed by atoms with van der Waals surface area (Å²) in [4.78, 5) is 14.5. The summed E-state index contributed by atoms with van der Waals surface area (Å²) in [6.07, 6.45) is 2.85. The van der Waals surface area contributed by atoms with E-state index < -0.39 is 0 Å². The predicted molar refractivity (Wildman–Crippen MR) is 90.0 cm³/mol. The first-order chi connectivity index (χ1) is 11.1. The fourth-order valence-electron chi connectivity index (χ4n) is 3.02. The molecule has 1 atom stereocenters. The van der Waals surface area contributed by atoms with E-state index in [0.29, 0.717) is 6.54 Å². The van der Waals surface area contributed by atoms with Crippen molar-refractivity contribution >= 4 is 5.91 Å². The van der Waals surface area contributed by atoms with Gasteiger partial charge in [-0.15, -0.1) is 0 Å². The lowest BCUT2D eigenvalue weighted by Gasteiger charge is -2.17. The average Bonchev–Trinajstić information content (AvgIpc) is 3.11. The monoisotopic (exact) mass is 312 g/mol. The van der Waals surface area contributed by atoms with Crippen molar-refractivity contribution in [3.05, 3.63) is 53.3 Å². The Labute approximate surface area is 137 Å². The molecule has 23 heavy (non-hydrogen) atoms. The van der Waals surface area contributed by atoms with Crippen LogP contribution < -0.4 is 5.32 Å². The highest BCUT2D eigenvalue weighted by molar-refractivity contribution is 5.76. The summed E-state index contributed by atoms with van der Waals surface area (Å²) in [6, 6.07) is 10.8. The second-order valence-corrected chi connectivity index (χ2v) is 6.43. The molecule has 1 N–H and O–H groups in total. The molecule has 1 aliphatic heterocycles. The second-order valence-electron chi connectivity index (χ2n) is 6.43. The third-order valence-corrected chi connectivity index (χ3v) is 4.24. The molecule has 1 aromatic heterocycles. The molecule has 2 aromatic rings. The van der Waals surface area contributed by atoms with E-state index in [0.717, 1.165) is 31.7 Å². The summed E-state index contributed by atoms with van der Waals surface area (Å²) in [6.45, 7) is 7.21. The number of nitrogens with zero attached hydrogens (tertiary/aromatic N) is 3. The van der Waals surface area contributed by atoms with Crippen molar-refractivity contribution in [2.45, 2.75) is 39.4 Å². The van der Waals surface area contributed by atoms with Crippen LogP contribution in [0.1, 0.15) is 23.2 Å². The van der Waals surface area contributed by atoms with Crippen LogP contribution in [0.4, 0.5) is 0 Å². The van der Waals surface area contributed by atoms with Crippen molar-refractivity contribution in [2.75, 3.05) is 13.1 Å². The summed E-state index contributed by atoms with van der Waals surface area (Å²) >= 11 is 0. The lowest BCUT2D eigenvalue weighted by Crippen LogP contribution is -2.38. The number of nitrogens with one attached hydrogen (secondary N) is 1. The van der Waals surface area contributed by atoms with Crippen LogP contribution in [0, 0.1) is 13.8 Å². The van der Waals surface area contributed by atoms with Gasteiger partial charge in [-0.1, -0.05) is 29.8 Å². The van der Waals surface area contributed by atoms with Crippen LogP contribution in [0.15, 0.2) is 36.5 Å². The standard InChI is InChI=1S/C18H24N4O/c1-14-3-5-16(6-4-14)11-21-9-8-17(12-21)19-18(23)13-22-10-7-15(2)20-22/h3-7,10,17H,8-9,11-13H2,1-2H3,(H,19,23). The van der Waals surface area contributed by atoms with E-state index in [1.807, 2.05) is 19.2 Å². The van der Waals surface area contributed by atoms with E-state index in [-0.39, 0.29) is 11.9 Å². The van der Waals surface area contributed by atoms with Crippen molar-refractivity contribution in [2.24, 2.45) is 0 Å². The first-order valence-electron chi connectivity index (χ1n) is 8.16. The molecule has 1 saturated heterocycles. The summed E-state index contributed by atoms with van der Waals surface area (Å²) in [5.41, 5.74) is 3.55. The molecule has 0 spiro atoms. The van der Waals surface area contributed by atoms with Gasteiger partial charge < -0.3 is 5.32 Å². The summed E-state index contributed by atoms with van der Waals surface area (Å²) in [5, 5.41) is 7.37. The maximum Gasteiger partial charge on any atom is 0.241 e. The van der Waals surface area contributed by atoms with Gasteiger partial charge in [-0.2, -0.15) is 5.10 Å². The van der Waals surface area contributed by atoms with Crippen molar-refractivity contribution in [1.82, 2.24) is 20.0 Å². The zero-order valence-corrected chi connectivity index (χ0v) is 13.8. The van der Waals surface area contributed by atoms with Gasteiger partial charge in [-0.05, 0) is 31.9 Å². The predicted octanol–water partition coefficient (Wildman–Crippen LogP) is 1.89. The zero-order valence-electron chi connectivity index (χ0n) is 13.8. The maximum atomic E-state index is 12.1. The number of hydrogen-bond donors (Lipinski definition) is 1. The van der Waals surface area contributed by atoms with Crippen LogP contribution in [-0.2, 0) is 17.9 Å². The normalized spacial score (nSPS) is 18.3. The number of carbonyl (C=O) groups excluding carboxylic acids is 1. The maximum absolute atomic E-state index is 12.1. The number of carbonyl (C=O) groups is 1. The number of aryl methyl sites for hydroxylation is 2. The SMILES string of the molecule is Cc1ccc(CN2CCC(NC(=O)Cn3ccc(C)n3)C2)cc1. The Morgan fingerprint density at radius 2 is 2.04 bits per heavy atom. The number of likely N-dealkylation sites (tertiary alicyclic amines) is 1. The lowest BCUT2D eigenvalue weighted by atomic mass is 10.1. The van der Waals surface area contributed by atoms with Crippen LogP contribution in [0.5, 0.6) is 0 Å². The summed E-state index contributed by atoms with van der Waals surface area (Å²) < 4.78 is 1.68. The largest absolute Gasteiger partial charge is 0.350 e. The van der Waals surface area contributed by atoms with E-state index in [9.17, 15) is 4.79 Å². The van der Waals surface area contributed by atoms with Gasteiger partial charge in [0.1, 0.15) is 6.54 Å². The molecule has 1 amide bonds. The molecule has 5 heteroatoms. The molecule has 0 saturated carbocycles. The molecule has 122 valence electrons. The Bertz CT molecular complexity index is 662. The van der Waals surface area contributed by atoms with E-state index in [2.05, 4.69) is 46.5 Å². The minimum Gasteiger partial charge on any atom is -0.350 e. The molecular weight excluding hydrogens is 288 g/mol. The van der Waals surface area contributed by atoms with Crippen molar-refractivity contribution in [3.8, 4) is 0 Å². The van der Waals surface area contributed by atoms with Crippen molar-refractivity contribution in [1.29, 1.82) is 0 Å². The highest BCUT2D eigenvalue weighted by atomic mass is 16.2. The summed E-state index contributed by atoms with van der Waals surface area (Å²) in [5.74, 6) is 0.0373. The molecule has 0 bridgehead atoms. The Morgan fingerprint density at radius 1 is 1.26 bits per heavy atom. The molecule has 3 rings (SSSR count). The van der Waals surface area contributed by atoms with Gasteiger partial charge in [0.05, 0.1) is 5.69 Å². The highest BCUT2D eigenvalue weighted by Gasteiger charge is 2.23. The van der Waals surface area contributed by atoms with Gasteiger partial charge in [0.2, 0.25) is 5.91 Å².